The minimum atomic E-state index is -4.41. The molecule has 1 aliphatic carbocycles. The smallest absolute Gasteiger partial charge is 0.416 e. The number of rotatable bonds is 4. The van der Waals surface area contributed by atoms with Crippen molar-refractivity contribution < 1.29 is 27.2 Å². The molecule has 1 N–H and O–H groups in total. The summed E-state index contributed by atoms with van der Waals surface area (Å²) in [5.41, 5.74) is -0.438. The summed E-state index contributed by atoms with van der Waals surface area (Å²) in [7, 11) is 0. The molecular formula is C19H21F3N4O3. The van der Waals surface area contributed by atoms with Crippen LogP contribution in [0.3, 0.4) is 0 Å². The summed E-state index contributed by atoms with van der Waals surface area (Å²) in [5, 5.41) is 6.51. The number of alkyl halides is 3. The molecule has 3 atom stereocenters. The highest BCUT2D eigenvalue weighted by molar-refractivity contribution is 5.89. The molecule has 3 fully saturated rings. The number of carbonyl (C=O) groups is 1. The minimum absolute atomic E-state index is 0.0810. The van der Waals surface area contributed by atoms with Crippen molar-refractivity contribution in [2.75, 3.05) is 18.5 Å². The summed E-state index contributed by atoms with van der Waals surface area (Å²) in [6.07, 6.45) is -1.74. The molecule has 2 aliphatic heterocycles. The largest absolute Gasteiger partial charge is 0.462 e. The Kier molecular flexibility index (Phi) is 5.10. The lowest BCUT2D eigenvalue weighted by Gasteiger charge is -2.48. The van der Waals surface area contributed by atoms with Crippen molar-refractivity contribution in [2.45, 2.75) is 44.3 Å². The molecule has 29 heavy (non-hydrogen) atoms. The highest BCUT2D eigenvalue weighted by Crippen LogP contribution is 2.44. The van der Waals surface area contributed by atoms with E-state index in [1.165, 1.54) is 12.1 Å². The van der Waals surface area contributed by atoms with Gasteiger partial charge in [0.05, 0.1) is 18.1 Å². The molecule has 3 aliphatic rings. The topological polar surface area (TPSA) is 80.5 Å². The van der Waals surface area contributed by atoms with E-state index in [0.29, 0.717) is 30.6 Å². The fourth-order valence-corrected chi connectivity index (χ4v) is 4.19. The molecular weight excluding hydrogens is 389 g/mol. The van der Waals surface area contributed by atoms with Crippen LogP contribution in [0.4, 0.5) is 23.7 Å². The summed E-state index contributed by atoms with van der Waals surface area (Å²) in [6, 6.07) is 4.16. The third-order valence-corrected chi connectivity index (χ3v) is 5.52. The first-order chi connectivity index (χ1) is 13.8. The average molecular weight is 410 g/mol. The number of piperidine rings is 2. The molecule has 3 heterocycles. The Bertz CT molecular complexity index is 868. The van der Waals surface area contributed by atoms with Gasteiger partial charge in [0.1, 0.15) is 0 Å². The van der Waals surface area contributed by atoms with Crippen LogP contribution in [-0.4, -0.2) is 40.3 Å². The number of nitrogens with zero attached hydrogens (tertiary/aromatic N) is 3. The van der Waals surface area contributed by atoms with Crippen LogP contribution in [0, 0.1) is 5.92 Å². The van der Waals surface area contributed by atoms with E-state index in [2.05, 4.69) is 15.5 Å². The van der Waals surface area contributed by atoms with Gasteiger partial charge in [-0.05, 0) is 61.5 Å². The number of aromatic nitrogens is 2. The Balaban J connectivity index is 1.47. The van der Waals surface area contributed by atoms with E-state index in [9.17, 15) is 18.0 Å². The van der Waals surface area contributed by atoms with Crippen LogP contribution < -0.4 is 10.1 Å². The number of ether oxygens (including phenoxy) is 1. The van der Waals surface area contributed by atoms with Crippen molar-refractivity contribution >= 4 is 11.7 Å². The number of nitrogens with one attached hydrogen (secondary N) is 1. The van der Waals surface area contributed by atoms with Crippen LogP contribution in [0.2, 0.25) is 0 Å². The third kappa shape index (κ3) is 4.01. The second kappa shape index (κ2) is 7.57. The first-order valence-corrected chi connectivity index (χ1v) is 9.56. The Morgan fingerprint density at radius 3 is 2.72 bits per heavy atom. The van der Waals surface area contributed by atoms with E-state index in [0.717, 1.165) is 31.4 Å². The molecule has 7 nitrogen and oxygen atoms in total. The normalized spacial score (nSPS) is 23.9. The zero-order valence-electron chi connectivity index (χ0n) is 15.8. The van der Waals surface area contributed by atoms with Gasteiger partial charge in [0.25, 0.3) is 0 Å². The van der Waals surface area contributed by atoms with Gasteiger partial charge in [-0.15, -0.1) is 0 Å². The first-order valence-electron chi connectivity index (χ1n) is 9.56. The van der Waals surface area contributed by atoms with Gasteiger partial charge in [0, 0.05) is 18.3 Å². The number of amides is 2. The number of urea groups is 1. The Labute approximate surface area is 165 Å². The lowest BCUT2D eigenvalue weighted by Crippen LogP contribution is -2.55. The predicted octanol–water partition coefficient (Wildman–Crippen LogP) is 4.29. The zero-order valence-corrected chi connectivity index (χ0v) is 15.8. The maximum Gasteiger partial charge on any atom is 0.416 e. The predicted molar refractivity (Wildman–Crippen MR) is 96.5 cm³/mol. The Hall–Kier alpha value is -2.78. The number of fused-ring (bicyclic) bond motifs is 3. The summed E-state index contributed by atoms with van der Waals surface area (Å²) < 4.78 is 48.7. The minimum Gasteiger partial charge on any atom is -0.462 e. The first kappa shape index (κ1) is 19.5. The standard InChI is InChI=1S/C19H21F3N4O3/c1-2-28-17-24-16(29-25-17)14-9-11-3-8-15(14)26(10-11)18(27)23-13-6-4-12(5-7-13)19(20,21)22/h4-7,11,14-15H,2-3,8-10H2,1H3,(H,23,27). The summed E-state index contributed by atoms with van der Waals surface area (Å²) in [5.74, 6) is 0.684. The maximum atomic E-state index is 12.8. The molecule has 2 saturated heterocycles. The number of benzene rings is 1. The SMILES string of the molecule is CCOc1noc(C2CC3CCC2N(C(=O)Nc2ccc(C(F)(F)F)cc2)C3)n1. The molecule has 0 radical (unpaired) electrons. The molecule has 156 valence electrons. The quantitative estimate of drug-likeness (QED) is 0.814. The van der Waals surface area contributed by atoms with Gasteiger partial charge in [-0.3, -0.25) is 0 Å². The van der Waals surface area contributed by atoms with E-state index in [4.69, 9.17) is 9.26 Å². The summed E-state index contributed by atoms with van der Waals surface area (Å²) >= 11 is 0. The second-order valence-corrected chi connectivity index (χ2v) is 7.36. The van der Waals surface area contributed by atoms with Gasteiger partial charge in [0.15, 0.2) is 0 Å². The molecule has 1 aromatic heterocycles. The number of hydrogen-bond acceptors (Lipinski definition) is 5. The van der Waals surface area contributed by atoms with Crippen LogP contribution in [-0.2, 0) is 6.18 Å². The Morgan fingerprint density at radius 1 is 1.31 bits per heavy atom. The number of halogens is 3. The number of carbonyl (C=O) groups excluding carboxylic acids is 1. The van der Waals surface area contributed by atoms with Crippen LogP contribution in [0.25, 0.3) is 0 Å². The molecule has 2 bridgehead atoms. The lowest BCUT2D eigenvalue weighted by molar-refractivity contribution is -0.137. The van der Waals surface area contributed by atoms with E-state index in [1.54, 1.807) is 4.90 Å². The molecule has 2 amide bonds. The molecule has 1 aromatic carbocycles. The second-order valence-electron chi connectivity index (χ2n) is 7.36. The monoisotopic (exact) mass is 410 g/mol. The maximum absolute atomic E-state index is 12.8. The third-order valence-electron chi connectivity index (χ3n) is 5.52. The van der Waals surface area contributed by atoms with Crippen LogP contribution in [0.1, 0.15) is 43.6 Å². The van der Waals surface area contributed by atoms with Gasteiger partial charge >= 0.3 is 18.2 Å². The van der Waals surface area contributed by atoms with Crippen molar-refractivity contribution in [3.63, 3.8) is 0 Å². The van der Waals surface area contributed by atoms with Crippen molar-refractivity contribution in [3.8, 4) is 6.01 Å². The summed E-state index contributed by atoms with van der Waals surface area (Å²) in [4.78, 5) is 18.8. The molecule has 10 heteroatoms. The fourth-order valence-electron chi connectivity index (χ4n) is 4.19. The van der Waals surface area contributed by atoms with E-state index < -0.39 is 11.7 Å². The van der Waals surface area contributed by atoms with Crippen LogP contribution in [0.15, 0.2) is 28.8 Å². The van der Waals surface area contributed by atoms with E-state index in [-0.39, 0.29) is 24.0 Å². The van der Waals surface area contributed by atoms with Crippen LogP contribution >= 0.6 is 0 Å². The van der Waals surface area contributed by atoms with Gasteiger partial charge in [-0.1, -0.05) is 0 Å². The highest BCUT2D eigenvalue weighted by atomic mass is 19.4. The van der Waals surface area contributed by atoms with Gasteiger partial charge < -0.3 is 19.5 Å². The van der Waals surface area contributed by atoms with Crippen molar-refractivity contribution in [1.82, 2.24) is 15.0 Å². The van der Waals surface area contributed by atoms with Gasteiger partial charge in [0.2, 0.25) is 5.89 Å². The zero-order chi connectivity index (χ0) is 20.6. The molecule has 0 spiro atoms. The molecule has 5 rings (SSSR count). The van der Waals surface area contributed by atoms with Gasteiger partial charge in [-0.2, -0.15) is 18.2 Å². The van der Waals surface area contributed by atoms with E-state index in [1.807, 2.05) is 6.92 Å². The fraction of sp³-hybridized carbons (Fsp3) is 0.526. The lowest BCUT2D eigenvalue weighted by atomic mass is 9.73. The highest BCUT2D eigenvalue weighted by Gasteiger charge is 2.46. The Morgan fingerprint density at radius 2 is 2.07 bits per heavy atom. The van der Waals surface area contributed by atoms with E-state index >= 15 is 0 Å². The van der Waals surface area contributed by atoms with Crippen molar-refractivity contribution in [2.24, 2.45) is 5.92 Å². The number of hydrogen-bond donors (Lipinski definition) is 1. The average Bonchev–Trinajstić information content (AvgIpc) is 3.17. The van der Waals surface area contributed by atoms with Crippen molar-refractivity contribution in [1.29, 1.82) is 0 Å². The molecule has 1 saturated carbocycles. The van der Waals surface area contributed by atoms with Crippen molar-refractivity contribution in [3.05, 3.63) is 35.7 Å². The molecule has 2 aromatic rings. The number of anilines is 1. The summed E-state index contributed by atoms with van der Waals surface area (Å²) in [6.45, 7) is 2.85. The molecule has 3 unspecified atom stereocenters. The van der Waals surface area contributed by atoms with Crippen LogP contribution in [0.5, 0.6) is 6.01 Å². The van der Waals surface area contributed by atoms with Gasteiger partial charge in [-0.25, -0.2) is 4.79 Å².